The van der Waals surface area contributed by atoms with Crippen LogP contribution < -0.4 is 4.72 Å². The second kappa shape index (κ2) is 6.82. The predicted octanol–water partition coefficient (Wildman–Crippen LogP) is 2.05. The number of esters is 1. The highest BCUT2D eigenvalue weighted by Gasteiger charge is 2.21. The van der Waals surface area contributed by atoms with Crippen molar-refractivity contribution in [2.24, 2.45) is 0 Å². The van der Waals surface area contributed by atoms with Gasteiger partial charge in [0.25, 0.3) is 10.0 Å². The molecule has 7 nitrogen and oxygen atoms in total. The van der Waals surface area contributed by atoms with Gasteiger partial charge >= 0.3 is 5.97 Å². The number of hydrogen-bond acceptors (Lipinski definition) is 5. The van der Waals surface area contributed by atoms with E-state index in [-0.39, 0.29) is 16.1 Å². The van der Waals surface area contributed by atoms with Gasteiger partial charge in [-0.15, -0.1) is 0 Å². The van der Waals surface area contributed by atoms with Crippen LogP contribution in [0, 0.1) is 0 Å². The first-order chi connectivity index (χ1) is 10.9. The number of carbonyl (C=O) groups is 1. The molecule has 124 valence electrons. The zero-order valence-corrected chi connectivity index (χ0v) is 14.1. The summed E-state index contributed by atoms with van der Waals surface area (Å²) in [5, 5.41) is 3.95. The number of benzene rings is 1. The van der Waals surface area contributed by atoms with E-state index in [0.29, 0.717) is 6.54 Å². The number of nitrogens with zero attached hydrogens (tertiary/aromatic N) is 2. The molecule has 0 aliphatic carbocycles. The maximum absolute atomic E-state index is 12.4. The molecule has 0 unspecified atom stereocenters. The third-order valence-corrected chi connectivity index (χ3v) is 4.71. The fourth-order valence-corrected chi connectivity index (χ4v) is 3.07. The van der Waals surface area contributed by atoms with Crippen molar-refractivity contribution in [2.75, 3.05) is 11.8 Å². The summed E-state index contributed by atoms with van der Waals surface area (Å²) >= 11 is 0. The minimum absolute atomic E-state index is 0.0368. The van der Waals surface area contributed by atoms with Crippen molar-refractivity contribution in [1.29, 1.82) is 0 Å². The maximum atomic E-state index is 12.4. The van der Waals surface area contributed by atoms with Crippen molar-refractivity contribution >= 4 is 21.7 Å². The first-order valence-corrected chi connectivity index (χ1v) is 8.66. The number of anilines is 1. The van der Waals surface area contributed by atoms with E-state index in [0.717, 1.165) is 12.0 Å². The Kier molecular flexibility index (Phi) is 5.05. The molecule has 0 bridgehead atoms. The second-order valence-electron chi connectivity index (χ2n) is 4.86. The molecule has 0 saturated heterocycles. The summed E-state index contributed by atoms with van der Waals surface area (Å²) in [7, 11) is -2.57. The highest BCUT2D eigenvalue weighted by atomic mass is 32.2. The SMILES string of the molecule is CCc1ccc(NS(=O)(=O)c2cnn(CC)c2)c(C(=O)OC)c1. The van der Waals surface area contributed by atoms with Crippen LogP contribution in [0.25, 0.3) is 0 Å². The van der Waals surface area contributed by atoms with Crippen molar-refractivity contribution in [3.63, 3.8) is 0 Å². The molecule has 0 aliphatic rings. The maximum Gasteiger partial charge on any atom is 0.340 e. The molecule has 1 heterocycles. The van der Waals surface area contributed by atoms with Crippen LogP contribution in [0.4, 0.5) is 5.69 Å². The van der Waals surface area contributed by atoms with E-state index in [1.807, 2.05) is 13.8 Å². The highest BCUT2D eigenvalue weighted by molar-refractivity contribution is 7.92. The average Bonchev–Trinajstić information content (AvgIpc) is 3.04. The first-order valence-electron chi connectivity index (χ1n) is 7.17. The summed E-state index contributed by atoms with van der Waals surface area (Å²) in [5.74, 6) is -0.595. The molecule has 1 aromatic heterocycles. The Morgan fingerprint density at radius 2 is 2.09 bits per heavy atom. The highest BCUT2D eigenvalue weighted by Crippen LogP contribution is 2.22. The van der Waals surface area contributed by atoms with Crippen molar-refractivity contribution in [3.05, 3.63) is 41.7 Å². The van der Waals surface area contributed by atoms with E-state index in [1.54, 1.807) is 18.2 Å². The van der Waals surface area contributed by atoms with Crippen LogP contribution >= 0.6 is 0 Å². The van der Waals surface area contributed by atoms with Crippen LogP contribution in [0.3, 0.4) is 0 Å². The van der Waals surface area contributed by atoms with Gasteiger partial charge in [-0.1, -0.05) is 13.0 Å². The smallest absolute Gasteiger partial charge is 0.340 e. The Morgan fingerprint density at radius 3 is 2.65 bits per heavy atom. The van der Waals surface area contributed by atoms with Gasteiger partial charge in [0.2, 0.25) is 0 Å². The van der Waals surface area contributed by atoms with Gasteiger partial charge in [0.05, 0.1) is 24.6 Å². The van der Waals surface area contributed by atoms with Crippen LogP contribution in [-0.2, 0) is 27.7 Å². The standard InChI is InChI=1S/C15H19N3O4S/c1-4-11-6-7-14(13(8-11)15(19)22-3)17-23(20,21)12-9-16-18(5-2)10-12/h6-10,17H,4-5H2,1-3H3. The van der Waals surface area contributed by atoms with E-state index in [4.69, 9.17) is 4.74 Å². The van der Waals surface area contributed by atoms with Gasteiger partial charge in [-0.05, 0) is 31.0 Å². The number of ether oxygens (including phenoxy) is 1. The third-order valence-electron chi connectivity index (χ3n) is 3.39. The summed E-state index contributed by atoms with van der Waals surface area (Å²) in [6.07, 6.45) is 3.42. The first kappa shape index (κ1) is 17.0. The summed E-state index contributed by atoms with van der Waals surface area (Å²) in [5.41, 5.74) is 1.27. The lowest BCUT2D eigenvalue weighted by Crippen LogP contribution is -2.16. The van der Waals surface area contributed by atoms with Crippen LogP contribution in [0.1, 0.15) is 29.8 Å². The molecular formula is C15H19N3O4S. The monoisotopic (exact) mass is 337 g/mol. The van der Waals surface area contributed by atoms with Gasteiger partial charge in [-0.3, -0.25) is 9.40 Å². The van der Waals surface area contributed by atoms with Crippen molar-refractivity contribution < 1.29 is 17.9 Å². The van der Waals surface area contributed by atoms with Gasteiger partial charge in [-0.2, -0.15) is 5.10 Å². The van der Waals surface area contributed by atoms with E-state index in [1.165, 1.54) is 24.2 Å². The molecule has 0 fully saturated rings. The third kappa shape index (κ3) is 3.70. The molecule has 1 N–H and O–H groups in total. The van der Waals surface area contributed by atoms with E-state index < -0.39 is 16.0 Å². The number of sulfonamides is 1. The van der Waals surface area contributed by atoms with E-state index >= 15 is 0 Å². The Bertz CT molecular complexity index is 812. The fraction of sp³-hybridized carbons (Fsp3) is 0.333. The zero-order valence-electron chi connectivity index (χ0n) is 13.2. The number of aryl methyl sites for hydroxylation is 2. The number of methoxy groups -OCH3 is 1. The topological polar surface area (TPSA) is 90.3 Å². The zero-order chi connectivity index (χ0) is 17.0. The van der Waals surface area contributed by atoms with Crippen molar-refractivity contribution in [1.82, 2.24) is 9.78 Å². The van der Waals surface area contributed by atoms with Crippen LogP contribution in [0.2, 0.25) is 0 Å². The molecular weight excluding hydrogens is 318 g/mol. The van der Waals surface area contributed by atoms with Gasteiger partial charge in [0, 0.05) is 12.7 Å². The molecule has 2 rings (SSSR count). The quantitative estimate of drug-likeness (QED) is 0.815. The Morgan fingerprint density at radius 1 is 1.35 bits per heavy atom. The van der Waals surface area contributed by atoms with Gasteiger partial charge in [0.15, 0.2) is 0 Å². The van der Waals surface area contributed by atoms with Crippen molar-refractivity contribution in [3.8, 4) is 0 Å². The average molecular weight is 337 g/mol. The molecule has 0 aliphatic heterocycles. The van der Waals surface area contributed by atoms with Crippen molar-refractivity contribution in [2.45, 2.75) is 31.7 Å². The molecule has 1 aromatic carbocycles. The predicted molar refractivity (Wildman–Crippen MR) is 85.9 cm³/mol. The summed E-state index contributed by atoms with van der Waals surface area (Å²) in [4.78, 5) is 11.9. The summed E-state index contributed by atoms with van der Waals surface area (Å²) < 4.78 is 33.5. The lowest BCUT2D eigenvalue weighted by atomic mass is 10.1. The molecule has 0 radical (unpaired) electrons. The second-order valence-corrected chi connectivity index (χ2v) is 6.54. The van der Waals surface area contributed by atoms with E-state index in [2.05, 4.69) is 9.82 Å². The van der Waals surface area contributed by atoms with Crippen LogP contribution in [0.5, 0.6) is 0 Å². The number of rotatable bonds is 6. The summed E-state index contributed by atoms with van der Waals surface area (Å²) in [6.45, 7) is 4.36. The molecule has 0 spiro atoms. The lowest BCUT2D eigenvalue weighted by Gasteiger charge is -2.12. The Hall–Kier alpha value is -2.35. The number of hydrogen-bond donors (Lipinski definition) is 1. The van der Waals surface area contributed by atoms with E-state index in [9.17, 15) is 13.2 Å². The lowest BCUT2D eigenvalue weighted by molar-refractivity contribution is 0.0602. The van der Waals surface area contributed by atoms with Gasteiger partial charge < -0.3 is 4.74 Å². The molecule has 8 heteroatoms. The molecule has 23 heavy (non-hydrogen) atoms. The molecule has 2 aromatic rings. The van der Waals surface area contributed by atoms with Crippen LogP contribution in [0.15, 0.2) is 35.5 Å². The fourth-order valence-electron chi connectivity index (χ4n) is 2.04. The molecule has 0 amide bonds. The Labute approximate surface area is 135 Å². The molecule has 0 saturated carbocycles. The number of aromatic nitrogens is 2. The van der Waals surface area contributed by atoms with Gasteiger partial charge in [0.1, 0.15) is 4.90 Å². The normalized spacial score (nSPS) is 11.3. The minimum Gasteiger partial charge on any atom is -0.465 e. The Balaban J connectivity index is 2.40. The van der Waals surface area contributed by atoms with Gasteiger partial charge in [-0.25, -0.2) is 13.2 Å². The number of nitrogens with one attached hydrogen (secondary N) is 1. The van der Waals surface area contributed by atoms with Crippen LogP contribution in [-0.4, -0.2) is 31.3 Å². The number of carbonyl (C=O) groups excluding carboxylic acids is 1. The summed E-state index contributed by atoms with van der Waals surface area (Å²) in [6, 6.07) is 4.95. The largest absolute Gasteiger partial charge is 0.465 e. The molecule has 0 atom stereocenters. The minimum atomic E-state index is -3.83.